The van der Waals surface area contributed by atoms with Crippen molar-refractivity contribution in [1.82, 2.24) is 14.5 Å². The standard InChI is InChI=1S/C15H19N3O5/c1-8(2)23-14(20)10-7-11-12(16-9(10)3)18(5-6-22-4)15(21)17-13(11)19/h7-8H,5-6H2,1-4H3,(H,17,19,21). The Hall–Kier alpha value is -2.48. The molecule has 23 heavy (non-hydrogen) atoms. The van der Waals surface area contributed by atoms with Crippen LogP contribution in [0.5, 0.6) is 0 Å². The number of ether oxygens (including phenoxy) is 2. The molecule has 0 fully saturated rings. The Bertz CT molecular complexity index is 851. The summed E-state index contributed by atoms with van der Waals surface area (Å²) in [5.41, 5.74) is -0.351. The van der Waals surface area contributed by atoms with Crippen molar-refractivity contribution in [3.63, 3.8) is 0 Å². The zero-order chi connectivity index (χ0) is 17.1. The van der Waals surface area contributed by atoms with E-state index in [9.17, 15) is 14.4 Å². The van der Waals surface area contributed by atoms with Crippen LogP contribution in [0.15, 0.2) is 15.7 Å². The van der Waals surface area contributed by atoms with E-state index in [1.54, 1.807) is 20.8 Å². The highest BCUT2D eigenvalue weighted by molar-refractivity contribution is 5.94. The minimum absolute atomic E-state index is 0.155. The number of esters is 1. The van der Waals surface area contributed by atoms with Gasteiger partial charge in [0.2, 0.25) is 0 Å². The highest BCUT2D eigenvalue weighted by Gasteiger charge is 2.18. The Balaban J connectivity index is 2.66. The molecule has 8 heteroatoms. The second kappa shape index (κ2) is 6.74. The number of carbonyl (C=O) groups excluding carboxylic acids is 1. The van der Waals surface area contributed by atoms with Gasteiger partial charge in [-0.1, -0.05) is 0 Å². The fraction of sp³-hybridized carbons (Fsp3) is 0.467. The summed E-state index contributed by atoms with van der Waals surface area (Å²) in [6, 6.07) is 1.41. The van der Waals surface area contributed by atoms with Crippen molar-refractivity contribution in [3.8, 4) is 0 Å². The maximum atomic E-state index is 12.1. The van der Waals surface area contributed by atoms with Crippen molar-refractivity contribution in [2.45, 2.75) is 33.4 Å². The molecule has 0 saturated carbocycles. The Labute approximate surface area is 132 Å². The molecule has 0 aliphatic heterocycles. The normalized spacial score (nSPS) is 11.2. The zero-order valence-corrected chi connectivity index (χ0v) is 13.5. The van der Waals surface area contributed by atoms with Gasteiger partial charge in [-0.25, -0.2) is 14.6 Å². The predicted molar refractivity (Wildman–Crippen MR) is 83.8 cm³/mol. The summed E-state index contributed by atoms with van der Waals surface area (Å²) in [5, 5.41) is 0.155. The van der Waals surface area contributed by atoms with E-state index in [1.165, 1.54) is 17.7 Å². The van der Waals surface area contributed by atoms with E-state index in [2.05, 4.69) is 9.97 Å². The van der Waals surface area contributed by atoms with E-state index in [-0.39, 0.29) is 29.2 Å². The van der Waals surface area contributed by atoms with Gasteiger partial charge in [-0.05, 0) is 26.8 Å². The fourth-order valence-corrected chi connectivity index (χ4v) is 2.17. The van der Waals surface area contributed by atoms with Gasteiger partial charge in [0, 0.05) is 7.11 Å². The van der Waals surface area contributed by atoms with Crippen molar-refractivity contribution in [2.24, 2.45) is 0 Å². The van der Waals surface area contributed by atoms with Crippen LogP contribution in [0.25, 0.3) is 11.0 Å². The molecule has 0 radical (unpaired) electrons. The van der Waals surface area contributed by atoms with Crippen LogP contribution >= 0.6 is 0 Å². The Morgan fingerprint density at radius 2 is 2.09 bits per heavy atom. The van der Waals surface area contributed by atoms with E-state index in [0.717, 1.165) is 0 Å². The molecule has 8 nitrogen and oxygen atoms in total. The van der Waals surface area contributed by atoms with Gasteiger partial charge >= 0.3 is 11.7 Å². The van der Waals surface area contributed by atoms with Gasteiger partial charge in [-0.2, -0.15) is 0 Å². The van der Waals surface area contributed by atoms with Gasteiger partial charge in [-0.15, -0.1) is 0 Å². The molecule has 0 amide bonds. The van der Waals surface area contributed by atoms with Crippen molar-refractivity contribution < 1.29 is 14.3 Å². The van der Waals surface area contributed by atoms with Gasteiger partial charge in [0.1, 0.15) is 5.65 Å². The number of hydrogen-bond donors (Lipinski definition) is 1. The lowest BCUT2D eigenvalue weighted by molar-refractivity contribution is 0.0376. The molecule has 0 aromatic carbocycles. The third-order valence-corrected chi connectivity index (χ3v) is 3.24. The summed E-state index contributed by atoms with van der Waals surface area (Å²) < 4.78 is 11.4. The zero-order valence-electron chi connectivity index (χ0n) is 13.5. The second-order valence-electron chi connectivity index (χ2n) is 5.35. The van der Waals surface area contributed by atoms with Gasteiger partial charge in [0.05, 0.1) is 35.9 Å². The Morgan fingerprint density at radius 3 is 2.70 bits per heavy atom. The fourth-order valence-electron chi connectivity index (χ4n) is 2.17. The molecule has 2 heterocycles. The third kappa shape index (κ3) is 3.48. The van der Waals surface area contributed by atoms with Crippen LogP contribution in [0.4, 0.5) is 0 Å². The molecule has 0 unspecified atom stereocenters. The minimum atomic E-state index is -0.593. The average Bonchev–Trinajstić information content (AvgIpc) is 2.45. The van der Waals surface area contributed by atoms with Crippen molar-refractivity contribution >= 4 is 17.0 Å². The van der Waals surface area contributed by atoms with E-state index >= 15 is 0 Å². The first-order chi connectivity index (χ1) is 10.8. The number of rotatable bonds is 5. The highest BCUT2D eigenvalue weighted by Crippen LogP contribution is 2.14. The molecule has 0 aliphatic rings. The van der Waals surface area contributed by atoms with Crippen LogP contribution in [0.2, 0.25) is 0 Å². The van der Waals surface area contributed by atoms with E-state index in [4.69, 9.17) is 9.47 Å². The second-order valence-corrected chi connectivity index (χ2v) is 5.35. The van der Waals surface area contributed by atoms with Crippen LogP contribution in [0.1, 0.15) is 29.9 Å². The maximum absolute atomic E-state index is 12.1. The highest BCUT2D eigenvalue weighted by atomic mass is 16.5. The molecule has 1 N–H and O–H groups in total. The molecular weight excluding hydrogens is 302 g/mol. The topological polar surface area (TPSA) is 103 Å². The summed E-state index contributed by atoms with van der Waals surface area (Å²) in [5.74, 6) is -0.555. The van der Waals surface area contributed by atoms with E-state index < -0.39 is 17.2 Å². The predicted octanol–water partition coefficient (Wildman–Crippen LogP) is 0.605. The first-order valence-corrected chi connectivity index (χ1v) is 7.19. The number of nitrogens with one attached hydrogen (secondary N) is 1. The summed E-state index contributed by atoms with van der Waals surface area (Å²) in [7, 11) is 1.51. The Kier molecular flexibility index (Phi) is 4.95. The van der Waals surface area contributed by atoms with Gasteiger partial charge in [0.25, 0.3) is 5.56 Å². The number of aromatic nitrogens is 3. The number of H-pyrrole nitrogens is 1. The number of nitrogens with zero attached hydrogens (tertiary/aromatic N) is 2. The molecule has 0 aliphatic carbocycles. The lowest BCUT2D eigenvalue weighted by Gasteiger charge is -2.12. The van der Waals surface area contributed by atoms with Crippen LogP contribution in [-0.4, -0.2) is 40.3 Å². The minimum Gasteiger partial charge on any atom is -0.459 e. The number of aromatic amines is 1. The molecule has 0 atom stereocenters. The number of pyridine rings is 1. The van der Waals surface area contributed by atoms with E-state index in [1.807, 2.05) is 0 Å². The van der Waals surface area contributed by atoms with Crippen molar-refractivity contribution in [2.75, 3.05) is 13.7 Å². The van der Waals surface area contributed by atoms with Crippen LogP contribution in [0.3, 0.4) is 0 Å². The SMILES string of the molecule is COCCn1c(=O)[nH]c(=O)c2cc(C(=O)OC(C)C)c(C)nc21. The van der Waals surface area contributed by atoms with Gasteiger partial charge in [-0.3, -0.25) is 14.3 Å². The smallest absolute Gasteiger partial charge is 0.340 e. The summed E-state index contributed by atoms with van der Waals surface area (Å²) >= 11 is 0. The number of fused-ring (bicyclic) bond motifs is 1. The van der Waals surface area contributed by atoms with E-state index in [0.29, 0.717) is 12.3 Å². The van der Waals surface area contributed by atoms with Crippen LogP contribution in [0, 0.1) is 6.92 Å². The van der Waals surface area contributed by atoms with Crippen molar-refractivity contribution in [1.29, 1.82) is 0 Å². The van der Waals surface area contributed by atoms with Crippen LogP contribution < -0.4 is 11.2 Å². The number of hydrogen-bond acceptors (Lipinski definition) is 6. The first kappa shape index (κ1) is 16.9. The molecule has 0 saturated heterocycles. The van der Waals surface area contributed by atoms with Crippen molar-refractivity contribution in [3.05, 3.63) is 38.2 Å². The average molecular weight is 321 g/mol. The monoisotopic (exact) mass is 321 g/mol. The summed E-state index contributed by atoms with van der Waals surface area (Å²) in [6.45, 7) is 5.63. The number of methoxy groups -OCH3 is 1. The molecule has 2 aromatic rings. The lowest BCUT2D eigenvalue weighted by Crippen LogP contribution is -2.32. The third-order valence-electron chi connectivity index (χ3n) is 3.24. The molecule has 2 aromatic heterocycles. The summed E-state index contributed by atoms with van der Waals surface area (Å²) in [4.78, 5) is 42.6. The molecule has 2 rings (SSSR count). The largest absolute Gasteiger partial charge is 0.459 e. The molecular formula is C15H19N3O5. The first-order valence-electron chi connectivity index (χ1n) is 7.19. The van der Waals surface area contributed by atoms with Gasteiger partial charge < -0.3 is 9.47 Å². The molecule has 0 bridgehead atoms. The number of aryl methyl sites for hydroxylation is 1. The van der Waals surface area contributed by atoms with Gasteiger partial charge in [0.15, 0.2) is 0 Å². The lowest BCUT2D eigenvalue weighted by atomic mass is 10.1. The maximum Gasteiger partial charge on any atom is 0.340 e. The molecule has 0 spiro atoms. The quantitative estimate of drug-likeness (QED) is 0.809. The number of carbonyl (C=O) groups is 1. The Morgan fingerprint density at radius 1 is 1.39 bits per heavy atom. The molecule has 124 valence electrons. The van der Waals surface area contributed by atoms with Crippen LogP contribution in [-0.2, 0) is 16.0 Å². The summed E-state index contributed by atoms with van der Waals surface area (Å²) in [6.07, 6.45) is -0.286.